The number of fused-ring (bicyclic) bond motifs is 1. The van der Waals surface area contributed by atoms with E-state index in [0.29, 0.717) is 33.7 Å². The van der Waals surface area contributed by atoms with Gasteiger partial charge in [-0.1, -0.05) is 18.2 Å². The molecule has 2 aromatic carbocycles. The fourth-order valence-electron chi connectivity index (χ4n) is 2.85. The number of nitrogen functional groups attached to an aromatic ring is 1. The first-order valence-corrected chi connectivity index (χ1v) is 7.94. The average Bonchev–Trinajstić information content (AvgIpc) is 2.68. The lowest BCUT2D eigenvalue weighted by Crippen LogP contribution is -2.00. The minimum atomic E-state index is -0.993. The Kier molecular flexibility index (Phi) is 3.78. The molecule has 0 bridgehead atoms. The van der Waals surface area contributed by atoms with E-state index < -0.39 is 5.97 Å². The lowest BCUT2D eigenvalue weighted by Gasteiger charge is -2.11. The van der Waals surface area contributed by atoms with Gasteiger partial charge < -0.3 is 10.8 Å². The van der Waals surface area contributed by atoms with Crippen LogP contribution in [0.25, 0.3) is 33.5 Å². The van der Waals surface area contributed by atoms with Crippen molar-refractivity contribution in [2.45, 2.75) is 0 Å². The van der Waals surface area contributed by atoms with Crippen LogP contribution in [0, 0.1) is 0 Å². The lowest BCUT2D eigenvalue weighted by atomic mass is 10.0. The largest absolute Gasteiger partial charge is 0.478 e. The van der Waals surface area contributed by atoms with Crippen LogP contribution in [0.1, 0.15) is 10.4 Å². The van der Waals surface area contributed by atoms with E-state index in [4.69, 9.17) is 10.7 Å². The summed E-state index contributed by atoms with van der Waals surface area (Å²) >= 11 is 0. The minimum Gasteiger partial charge on any atom is -0.478 e. The van der Waals surface area contributed by atoms with Crippen LogP contribution >= 0.6 is 0 Å². The molecule has 0 saturated carbocycles. The van der Waals surface area contributed by atoms with Crippen LogP contribution in [0.15, 0.2) is 67.0 Å². The summed E-state index contributed by atoms with van der Waals surface area (Å²) in [6.07, 6.45) is 3.35. The van der Waals surface area contributed by atoms with Crippen molar-refractivity contribution >= 4 is 22.6 Å². The average molecular weight is 342 g/mol. The molecule has 4 rings (SSSR count). The summed E-state index contributed by atoms with van der Waals surface area (Å²) in [7, 11) is 0. The lowest BCUT2D eigenvalue weighted by molar-refractivity contribution is 0.0697. The summed E-state index contributed by atoms with van der Waals surface area (Å²) < 4.78 is 0. The number of aromatic nitrogens is 3. The van der Waals surface area contributed by atoms with Gasteiger partial charge in [-0.2, -0.15) is 0 Å². The third-order valence-electron chi connectivity index (χ3n) is 4.08. The zero-order valence-electron chi connectivity index (χ0n) is 13.6. The molecule has 126 valence electrons. The summed E-state index contributed by atoms with van der Waals surface area (Å²) in [5.74, 6) is -0.464. The summed E-state index contributed by atoms with van der Waals surface area (Å²) in [6, 6.07) is 15.8. The number of carboxylic acids is 1. The molecule has 26 heavy (non-hydrogen) atoms. The van der Waals surface area contributed by atoms with E-state index in [2.05, 4.69) is 9.97 Å². The van der Waals surface area contributed by atoms with Gasteiger partial charge in [0.2, 0.25) is 0 Å². The van der Waals surface area contributed by atoms with Gasteiger partial charge in [0, 0.05) is 34.6 Å². The highest BCUT2D eigenvalue weighted by Crippen LogP contribution is 2.32. The molecule has 0 aliphatic heterocycles. The number of pyridine rings is 1. The van der Waals surface area contributed by atoms with Gasteiger partial charge in [0.15, 0.2) is 5.82 Å². The van der Waals surface area contributed by atoms with Crippen LogP contribution in [0.4, 0.5) is 5.69 Å². The van der Waals surface area contributed by atoms with Gasteiger partial charge in [-0.15, -0.1) is 0 Å². The van der Waals surface area contributed by atoms with E-state index in [1.807, 2.05) is 30.3 Å². The zero-order valence-corrected chi connectivity index (χ0v) is 13.6. The standard InChI is InChI=1S/C20H14N4O2/c21-15-5-2-6-16-17(15)18(13-3-1-4-14(11-13)20(25)26)24-19(23-16)12-7-9-22-10-8-12/h1-11H,21H2,(H,25,26). The second-order valence-corrected chi connectivity index (χ2v) is 5.76. The smallest absolute Gasteiger partial charge is 0.335 e. The minimum absolute atomic E-state index is 0.189. The van der Waals surface area contributed by atoms with Crippen molar-refractivity contribution in [3.05, 3.63) is 72.6 Å². The molecule has 0 aliphatic carbocycles. The zero-order chi connectivity index (χ0) is 18.1. The Morgan fingerprint density at radius 3 is 2.46 bits per heavy atom. The Labute approximate surface area is 149 Å². The third kappa shape index (κ3) is 2.73. The Morgan fingerprint density at radius 2 is 1.69 bits per heavy atom. The SMILES string of the molecule is Nc1cccc2nc(-c3ccncc3)nc(-c3cccc(C(=O)O)c3)c12. The molecular formula is C20H14N4O2. The van der Waals surface area contributed by atoms with Crippen molar-refractivity contribution in [2.24, 2.45) is 0 Å². The molecule has 0 fully saturated rings. The van der Waals surface area contributed by atoms with Crippen LogP contribution in [-0.2, 0) is 0 Å². The number of hydrogen-bond donors (Lipinski definition) is 2. The molecule has 0 spiro atoms. The van der Waals surface area contributed by atoms with E-state index >= 15 is 0 Å². The molecule has 6 heteroatoms. The Hall–Kier alpha value is -3.80. The van der Waals surface area contributed by atoms with E-state index in [1.54, 1.807) is 36.7 Å². The second-order valence-electron chi connectivity index (χ2n) is 5.76. The highest BCUT2D eigenvalue weighted by Gasteiger charge is 2.15. The molecule has 0 unspecified atom stereocenters. The maximum atomic E-state index is 11.3. The second kappa shape index (κ2) is 6.25. The molecule has 2 heterocycles. The van der Waals surface area contributed by atoms with Gasteiger partial charge in [0.1, 0.15) is 0 Å². The molecule has 0 atom stereocenters. The highest BCUT2D eigenvalue weighted by molar-refractivity contribution is 6.02. The van der Waals surface area contributed by atoms with Gasteiger partial charge >= 0.3 is 5.97 Å². The van der Waals surface area contributed by atoms with E-state index in [-0.39, 0.29) is 5.56 Å². The quantitative estimate of drug-likeness (QED) is 0.551. The number of carboxylic acid groups (broad SMARTS) is 1. The highest BCUT2D eigenvalue weighted by atomic mass is 16.4. The monoisotopic (exact) mass is 342 g/mol. The molecule has 3 N–H and O–H groups in total. The first-order chi connectivity index (χ1) is 12.6. The first-order valence-electron chi connectivity index (χ1n) is 7.94. The number of carbonyl (C=O) groups is 1. The van der Waals surface area contributed by atoms with E-state index in [1.165, 1.54) is 0 Å². The van der Waals surface area contributed by atoms with Crippen molar-refractivity contribution in [3.8, 4) is 22.6 Å². The van der Waals surface area contributed by atoms with Gasteiger partial charge in [-0.25, -0.2) is 14.8 Å². The predicted molar refractivity (Wildman–Crippen MR) is 99.6 cm³/mol. The van der Waals surface area contributed by atoms with Gasteiger partial charge in [-0.05, 0) is 36.4 Å². The molecule has 2 aromatic heterocycles. The molecule has 0 aliphatic rings. The fourth-order valence-corrected chi connectivity index (χ4v) is 2.85. The van der Waals surface area contributed by atoms with Crippen LogP contribution in [0.3, 0.4) is 0 Å². The summed E-state index contributed by atoms with van der Waals surface area (Å²) in [5, 5.41) is 9.99. The van der Waals surface area contributed by atoms with Crippen LogP contribution in [0.2, 0.25) is 0 Å². The molecule has 4 aromatic rings. The molecule has 6 nitrogen and oxygen atoms in total. The van der Waals surface area contributed by atoms with E-state index in [0.717, 1.165) is 5.56 Å². The molecule has 0 radical (unpaired) electrons. The predicted octanol–water partition coefficient (Wildman–Crippen LogP) is 3.64. The van der Waals surface area contributed by atoms with Gasteiger partial charge in [0.25, 0.3) is 0 Å². The van der Waals surface area contributed by atoms with Crippen molar-refractivity contribution in [3.63, 3.8) is 0 Å². The fraction of sp³-hybridized carbons (Fsp3) is 0. The number of anilines is 1. The van der Waals surface area contributed by atoms with Crippen LogP contribution < -0.4 is 5.73 Å². The Balaban J connectivity index is 2.04. The number of benzene rings is 2. The summed E-state index contributed by atoms with van der Waals surface area (Å²) in [6.45, 7) is 0. The van der Waals surface area contributed by atoms with E-state index in [9.17, 15) is 9.90 Å². The Bertz CT molecular complexity index is 1130. The van der Waals surface area contributed by atoms with Crippen molar-refractivity contribution < 1.29 is 9.90 Å². The topological polar surface area (TPSA) is 102 Å². The number of aromatic carboxylic acids is 1. The maximum Gasteiger partial charge on any atom is 0.335 e. The van der Waals surface area contributed by atoms with Crippen molar-refractivity contribution in [1.82, 2.24) is 15.0 Å². The number of hydrogen-bond acceptors (Lipinski definition) is 5. The van der Waals surface area contributed by atoms with Crippen molar-refractivity contribution in [1.29, 1.82) is 0 Å². The van der Waals surface area contributed by atoms with Crippen LogP contribution in [-0.4, -0.2) is 26.0 Å². The van der Waals surface area contributed by atoms with Gasteiger partial charge in [-0.3, -0.25) is 4.98 Å². The normalized spacial score (nSPS) is 10.8. The Morgan fingerprint density at radius 1 is 0.923 bits per heavy atom. The molecule has 0 saturated heterocycles. The first kappa shape index (κ1) is 15.7. The maximum absolute atomic E-state index is 11.3. The third-order valence-corrected chi connectivity index (χ3v) is 4.08. The summed E-state index contributed by atoms with van der Waals surface area (Å²) in [5.41, 5.74) is 9.69. The van der Waals surface area contributed by atoms with Crippen LogP contribution in [0.5, 0.6) is 0 Å². The molecular weight excluding hydrogens is 328 g/mol. The number of nitrogens with two attached hydrogens (primary N) is 1. The number of nitrogens with zero attached hydrogens (tertiary/aromatic N) is 3. The van der Waals surface area contributed by atoms with Gasteiger partial charge in [0.05, 0.1) is 16.8 Å². The van der Waals surface area contributed by atoms with Crippen molar-refractivity contribution in [2.75, 3.05) is 5.73 Å². The summed E-state index contributed by atoms with van der Waals surface area (Å²) in [4.78, 5) is 24.7. The number of rotatable bonds is 3. The molecule has 0 amide bonds.